The average molecular weight is 315 g/mol. The Labute approximate surface area is 116 Å². The molecule has 0 aromatic heterocycles. The van der Waals surface area contributed by atoms with E-state index in [9.17, 15) is 21.6 Å². The molecule has 1 saturated heterocycles. The normalized spacial score (nSPS) is 20.8. The third-order valence-electron chi connectivity index (χ3n) is 3.73. The van der Waals surface area contributed by atoms with Crippen molar-refractivity contribution >= 4 is 15.9 Å². The van der Waals surface area contributed by atoms with E-state index < -0.39 is 40.2 Å². The van der Waals surface area contributed by atoms with Crippen LogP contribution in [0.4, 0.5) is 13.2 Å². The Morgan fingerprint density at radius 3 is 2.25 bits per heavy atom. The summed E-state index contributed by atoms with van der Waals surface area (Å²) in [7, 11) is -3.66. The average Bonchev–Trinajstić information content (AvgIpc) is 2.27. The Bertz CT molecular complexity index is 454. The van der Waals surface area contributed by atoms with Gasteiger partial charge >= 0.3 is 6.18 Å². The van der Waals surface area contributed by atoms with Crippen molar-refractivity contribution in [2.24, 2.45) is 11.1 Å². The highest BCUT2D eigenvalue weighted by atomic mass is 32.2. The Hall–Kier alpha value is -0.830. The van der Waals surface area contributed by atoms with Crippen LogP contribution in [0.5, 0.6) is 0 Å². The Morgan fingerprint density at radius 2 is 1.85 bits per heavy atom. The van der Waals surface area contributed by atoms with Crippen LogP contribution in [0.25, 0.3) is 0 Å². The minimum Gasteiger partial charge on any atom is -0.387 e. The van der Waals surface area contributed by atoms with Crippen molar-refractivity contribution in [3.63, 3.8) is 0 Å². The zero-order valence-corrected chi connectivity index (χ0v) is 12.1. The molecule has 0 aliphatic carbocycles. The number of sulfonamides is 1. The van der Waals surface area contributed by atoms with Gasteiger partial charge in [0.2, 0.25) is 10.0 Å². The standard InChI is InChI=1S/C11H20F3N3O2S/c1-10(9(15)16)4-6-17(7-5-10)20(18,19)8-2-3-11(12,13)14/h2-8H2,1H3,(H3,15,16). The zero-order chi connectivity index (χ0) is 15.6. The molecule has 20 heavy (non-hydrogen) atoms. The molecule has 0 aromatic carbocycles. The van der Waals surface area contributed by atoms with Crippen molar-refractivity contribution in [3.05, 3.63) is 0 Å². The molecule has 3 N–H and O–H groups in total. The zero-order valence-electron chi connectivity index (χ0n) is 11.3. The minimum atomic E-state index is -4.33. The summed E-state index contributed by atoms with van der Waals surface area (Å²) >= 11 is 0. The van der Waals surface area contributed by atoms with Gasteiger partial charge in [0.05, 0.1) is 11.6 Å². The molecule has 0 spiro atoms. The number of halogens is 3. The lowest BCUT2D eigenvalue weighted by Crippen LogP contribution is -2.47. The van der Waals surface area contributed by atoms with E-state index in [0.717, 1.165) is 0 Å². The molecular formula is C11H20F3N3O2S. The van der Waals surface area contributed by atoms with Crippen LogP contribution < -0.4 is 5.73 Å². The summed E-state index contributed by atoms with van der Waals surface area (Å²) in [5.41, 5.74) is 4.96. The number of hydrogen-bond donors (Lipinski definition) is 2. The third kappa shape index (κ3) is 4.62. The van der Waals surface area contributed by atoms with Gasteiger partial charge in [-0.3, -0.25) is 5.41 Å². The number of rotatable bonds is 5. The number of nitrogens with two attached hydrogens (primary N) is 1. The van der Waals surface area contributed by atoms with Crippen LogP contribution in [0.3, 0.4) is 0 Å². The van der Waals surface area contributed by atoms with E-state index in [4.69, 9.17) is 11.1 Å². The lowest BCUT2D eigenvalue weighted by atomic mass is 9.80. The van der Waals surface area contributed by atoms with Gasteiger partial charge in [0.15, 0.2) is 0 Å². The van der Waals surface area contributed by atoms with Gasteiger partial charge in [-0.2, -0.15) is 13.2 Å². The number of nitrogens with zero attached hydrogens (tertiary/aromatic N) is 1. The number of alkyl halides is 3. The molecule has 1 heterocycles. The Kier molecular flexibility index (Phi) is 5.07. The molecular weight excluding hydrogens is 295 g/mol. The summed E-state index contributed by atoms with van der Waals surface area (Å²) in [4.78, 5) is 0. The van der Waals surface area contributed by atoms with Crippen molar-refractivity contribution in [1.82, 2.24) is 4.31 Å². The van der Waals surface area contributed by atoms with Gasteiger partial charge in [-0.25, -0.2) is 12.7 Å². The Morgan fingerprint density at radius 1 is 1.35 bits per heavy atom. The molecule has 0 amide bonds. The quantitative estimate of drug-likeness (QED) is 0.598. The van der Waals surface area contributed by atoms with E-state index in [2.05, 4.69) is 0 Å². The second-order valence-electron chi connectivity index (χ2n) is 5.41. The van der Waals surface area contributed by atoms with Gasteiger partial charge < -0.3 is 5.73 Å². The molecule has 0 saturated carbocycles. The van der Waals surface area contributed by atoms with E-state index in [1.54, 1.807) is 6.92 Å². The van der Waals surface area contributed by atoms with Crippen LogP contribution in [-0.4, -0.2) is 43.6 Å². The lowest BCUT2D eigenvalue weighted by molar-refractivity contribution is -0.134. The van der Waals surface area contributed by atoms with Crippen molar-refractivity contribution < 1.29 is 21.6 Å². The highest BCUT2D eigenvalue weighted by molar-refractivity contribution is 7.89. The summed E-state index contributed by atoms with van der Waals surface area (Å²) in [5.74, 6) is -0.477. The first-order valence-corrected chi connectivity index (χ1v) is 7.96. The van der Waals surface area contributed by atoms with Crippen molar-refractivity contribution in [1.29, 1.82) is 5.41 Å². The van der Waals surface area contributed by atoms with E-state index >= 15 is 0 Å². The molecule has 1 aliphatic rings. The van der Waals surface area contributed by atoms with Crippen LogP contribution in [0.2, 0.25) is 0 Å². The smallest absolute Gasteiger partial charge is 0.387 e. The van der Waals surface area contributed by atoms with Gasteiger partial charge in [0.25, 0.3) is 0 Å². The number of hydrogen-bond acceptors (Lipinski definition) is 3. The second-order valence-corrected chi connectivity index (χ2v) is 7.50. The van der Waals surface area contributed by atoms with Gasteiger partial charge in [-0.05, 0) is 19.3 Å². The lowest BCUT2D eigenvalue weighted by Gasteiger charge is -2.37. The molecule has 0 unspecified atom stereocenters. The molecule has 0 aromatic rings. The van der Waals surface area contributed by atoms with Crippen LogP contribution in [0.15, 0.2) is 0 Å². The summed E-state index contributed by atoms with van der Waals surface area (Å²) in [6.07, 6.45) is -5.01. The molecule has 9 heteroatoms. The first-order chi connectivity index (χ1) is 8.96. The predicted molar refractivity (Wildman–Crippen MR) is 69.9 cm³/mol. The first-order valence-electron chi connectivity index (χ1n) is 6.35. The molecule has 0 atom stereocenters. The maximum absolute atomic E-state index is 12.0. The van der Waals surface area contributed by atoms with E-state index in [1.807, 2.05) is 0 Å². The first kappa shape index (κ1) is 17.2. The molecule has 0 radical (unpaired) electrons. The fourth-order valence-electron chi connectivity index (χ4n) is 2.11. The van der Waals surface area contributed by atoms with E-state index in [0.29, 0.717) is 12.8 Å². The fourth-order valence-corrected chi connectivity index (χ4v) is 3.62. The van der Waals surface area contributed by atoms with Crippen molar-refractivity contribution in [3.8, 4) is 0 Å². The molecule has 1 aliphatic heterocycles. The topological polar surface area (TPSA) is 87.2 Å². The van der Waals surface area contributed by atoms with Crippen molar-refractivity contribution in [2.75, 3.05) is 18.8 Å². The van der Waals surface area contributed by atoms with Gasteiger partial charge in [0, 0.05) is 24.9 Å². The van der Waals surface area contributed by atoms with Crippen LogP contribution in [0.1, 0.15) is 32.6 Å². The summed E-state index contributed by atoms with van der Waals surface area (Å²) in [6.45, 7) is 2.19. The Balaban J connectivity index is 2.53. The molecule has 118 valence electrons. The van der Waals surface area contributed by atoms with Crippen LogP contribution in [0, 0.1) is 10.8 Å². The maximum Gasteiger partial charge on any atom is 0.389 e. The van der Waals surface area contributed by atoms with E-state index in [1.165, 1.54) is 4.31 Å². The summed E-state index contributed by atoms with van der Waals surface area (Å²) < 4.78 is 61.1. The van der Waals surface area contributed by atoms with Crippen LogP contribution >= 0.6 is 0 Å². The molecule has 1 rings (SSSR count). The van der Waals surface area contributed by atoms with Crippen molar-refractivity contribution in [2.45, 2.75) is 38.8 Å². The number of amidine groups is 1. The number of nitrogens with one attached hydrogen (secondary N) is 1. The van der Waals surface area contributed by atoms with Gasteiger partial charge in [-0.1, -0.05) is 6.92 Å². The van der Waals surface area contributed by atoms with E-state index in [-0.39, 0.29) is 18.9 Å². The molecule has 5 nitrogen and oxygen atoms in total. The largest absolute Gasteiger partial charge is 0.389 e. The molecule has 1 fully saturated rings. The maximum atomic E-state index is 12.0. The SMILES string of the molecule is CC1(C(=N)N)CCN(S(=O)(=O)CCCC(F)(F)F)CC1. The summed E-state index contributed by atoms with van der Waals surface area (Å²) in [6, 6.07) is 0. The minimum absolute atomic E-state index is 0.0200. The van der Waals surface area contributed by atoms with Crippen LogP contribution in [-0.2, 0) is 10.0 Å². The fraction of sp³-hybridized carbons (Fsp3) is 0.909. The highest BCUT2D eigenvalue weighted by Gasteiger charge is 2.37. The number of piperidine rings is 1. The highest BCUT2D eigenvalue weighted by Crippen LogP contribution is 2.32. The predicted octanol–water partition coefficient (Wildman–Crippen LogP) is 1.70. The summed E-state index contributed by atoms with van der Waals surface area (Å²) in [5, 5.41) is 7.47. The third-order valence-corrected chi connectivity index (χ3v) is 5.69. The van der Waals surface area contributed by atoms with Gasteiger partial charge in [0.1, 0.15) is 0 Å². The van der Waals surface area contributed by atoms with Gasteiger partial charge in [-0.15, -0.1) is 0 Å². The second kappa shape index (κ2) is 5.88. The monoisotopic (exact) mass is 315 g/mol. The molecule has 0 bridgehead atoms.